The van der Waals surface area contributed by atoms with Crippen LogP contribution in [-0.4, -0.2) is 19.7 Å². The van der Waals surface area contributed by atoms with Gasteiger partial charge in [0.1, 0.15) is 5.75 Å². The monoisotopic (exact) mass is 221 g/mol. The number of hydrogen-bond acceptors (Lipinski definition) is 2. The van der Waals surface area contributed by atoms with Crippen molar-refractivity contribution in [2.75, 3.05) is 13.7 Å². The Morgan fingerprint density at radius 3 is 2.44 bits per heavy atom. The lowest BCUT2D eigenvalue weighted by atomic mass is 10.1. The summed E-state index contributed by atoms with van der Waals surface area (Å²) in [5.74, 6) is 1.06. The van der Waals surface area contributed by atoms with Crippen molar-refractivity contribution in [1.82, 2.24) is 5.32 Å². The summed E-state index contributed by atoms with van der Waals surface area (Å²) in [5, 5.41) is 3.21. The first kappa shape index (κ1) is 13.0. The smallest absolute Gasteiger partial charge is 0.125 e. The molecule has 0 aliphatic carbocycles. The van der Waals surface area contributed by atoms with E-state index in [1.165, 1.54) is 16.7 Å². The summed E-state index contributed by atoms with van der Waals surface area (Å²) < 4.78 is 5.88. The van der Waals surface area contributed by atoms with E-state index in [0.29, 0.717) is 6.04 Å². The normalized spacial score (nSPS) is 12.6. The van der Waals surface area contributed by atoms with Crippen LogP contribution in [0.15, 0.2) is 12.1 Å². The zero-order valence-corrected chi connectivity index (χ0v) is 11.1. The van der Waals surface area contributed by atoms with Gasteiger partial charge in [0.05, 0.1) is 6.61 Å². The quantitative estimate of drug-likeness (QED) is 0.825. The number of nitrogens with one attached hydrogen (secondary N) is 1. The van der Waals surface area contributed by atoms with E-state index in [-0.39, 0.29) is 0 Å². The molecule has 16 heavy (non-hydrogen) atoms. The van der Waals surface area contributed by atoms with Crippen LogP contribution in [0, 0.1) is 20.8 Å². The van der Waals surface area contributed by atoms with Gasteiger partial charge in [-0.15, -0.1) is 0 Å². The molecule has 1 N–H and O–H groups in total. The van der Waals surface area contributed by atoms with Crippen molar-refractivity contribution in [1.29, 1.82) is 0 Å². The first-order chi connectivity index (χ1) is 7.56. The molecule has 0 bridgehead atoms. The zero-order chi connectivity index (χ0) is 12.1. The lowest BCUT2D eigenvalue weighted by Crippen LogP contribution is -2.23. The van der Waals surface area contributed by atoms with Crippen LogP contribution in [0.3, 0.4) is 0 Å². The Bertz CT molecular complexity index is 347. The second-order valence-electron chi connectivity index (χ2n) is 4.48. The first-order valence-electron chi connectivity index (χ1n) is 5.93. The van der Waals surface area contributed by atoms with Gasteiger partial charge < -0.3 is 10.1 Å². The molecule has 1 aromatic rings. The zero-order valence-electron chi connectivity index (χ0n) is 11.1. The minimum atomic E-state index is 0.505. The minimum Gasteiger partial charge on any atom is -0.493 e. The number of aryl methyl sites for hydroxylation is 2. The highest BCUT2D eigenvalue weighted by molar-refractivity contribution is 5.44. The lowest BCUT2D eigenvalue weighted by molar-refractivity contribution is 0.290. The van der Waals surface area contributed by atoms with E-state index in [4.69, 9.17) is 4.74 Å². The summed E-state index contributed by atoms with van der Waals surface area (Å²) in [4.78, 5) is 0. The van der Waals surface area contributed by atoms with Crippen LogP contribution in [0.25, 0.3) is 0 Å². The highest BCUT2D eigenvalue weighted by atomic mass is 16.5. The molecular weight excluding hydrogens is 198 g/mol. The maximum Gasteiger partial charge on any atom is 0.125 e. The number of ether oxygens (including phenoxy) is 1. The Balaban J connectivity index is 2.63. The Kier molecular flexibility index (Phi) is 4.81. The van der Waals surface area contributed by atoms with Crippen LogP contribution in [0.1, 0.15) is 30.0 Å². The number of hydrogen-bond donors (Lipinski definition) is 1. The van der Waals surface area contributed by atoms with Crippen molar-refractivity contribution in [3.63, 3.8) is 0 Å². The summed E-state index contributed by atoms with van der Waals surface area (Å²) in [5.41, 5.74) is 3.78. The molecule has 0 aliphatic rings. The van der Waals surface area contributed by atoms with Crippen LogP contribution in [-0.2, 0) is 0 Å². The Morgan fingerprint density at radius 2 is 1.81 bits per heavy atom. The maximum absolute atomic E-state index is 5.88. The largest absolute Gasteiger partial charge is 0.493 e. The molecule has 1 atom stereocenters. The summed E-state index contributed by atoms with van der Waals surface area (Å²) in [6.45, 7) is 9.28. The van der Waals surface area contributed by atoms with Crippen molar-refractivity contribution in [3.05, 3.63) is 28.8 Å². The molecule has 0 heterocycles. The van der Waals surface area contributed by atoms with Gasteiger partial charge in [-0.3, -0.25) is 0 Å². The minimum absolute atomic E-state index is 0.505. The van der Waals surface area contributed by atoms with Gasteiger partial charge in [0.15, 0.2) is 0 Å². The van der Waals surface area contributed by atoms with E-state index in [0.717, 1.165) is 18.8 Å². The fraction of sp³-hybridized carbons (Fsp3) is 0.571. The van der Waals surface area contributed by atoms with Crippen LogP contribution < -0.4 is 10.1 Å². The molecule has 0 aliphatic heterocycles. The molecule has 0 saturated carbocycles. The van der Waals surface area contributed by atoms with E-state index in [1.54, 1.807) is 0 Å². The van der Waals surface area contributed by atoms with E-state index < -0.39 is 0 Å². The Hall–Kier alpha value is -1.02. The average Bonchev–Trinajstić information content (AvgIpc) is 2.28. The SMILES string of the molecule is CNC(C)CCOc1c(C)ccc(C)c1C. The highest BCUT2D eigenvalue weighted by Gasteiger charge is 2.06. The van der Waals surface area contributed by atoms with Gasteiger partial charge in [-0.2, -0.15) is 0 Å². The van der Waals surface area contributed by atoms with Gasteiger partial charge in [0.25, 0.3) is 0 Å². The average molecular weight is 221 g/mol. The number of benzene rings is 1. The molecular formula is C14H23NO. The first-order valence-corrected chi connectivity index (χ1v) is 5.93. The standard InChI is InChI=1S/C14H23NO/c1-10-6-7-11(2)14(13(10)4)16-9-8-12(3)15-5/h6-7,12,15H,8-9H2,1-5H3. The van der Waals surface area contributed by atoms with Crippen LogP contribution in [0.2, 0.25) is 0 Å². The van der Waals surface area contributed by atoms with Gasteiger partial charge in [0, 0.05) is 6.04 Å². The topological polar surface area (TPSA) is 21.3 Å². The van der Waals surface area contributed by atoms with E-state index in [1.807, 2.05) is 7.05 Å². The molecule has 2 heteroatoms. The van der Waals surface area contributed by atoms with Gasteiger partial charge in [-0.25, -0.2) is 0 Å². The molecule has 0 spiro atoms. The molecule has 0 saturated heterocycles. The Morgan fingerprint density at radius 1 is 1.19 bits per heavy atom. The van der Waals surface area contributed by atoms with Gasteiger partial charge in [-0.05, 0) is 57.9 Å². The van der Waals surface area contributed by atoms with Crippen LogP contribution >= 0.6 is 0 Å². The third kappa shape index (κ3) is 3.24. The molecule has 0 fully saturated rings. The van der Waals surface area contributed by atoms with E-state index >= 15 is 0 Å². The third-order valence-corrected chi connectivity index (χ3v) is 3.16. The second kappa shape index (κ2) is 5.90. The Labute approximate surface area is 99.0 Å². The lowest BCUT2D eigenvalue weighted by Gasteiger charge is -2.15. The van der Waals surface area contributed by atoms with Crippen molar-refractivity contribution < 1.29 is 4.74 Å². The van der Waals surface area contributed by atoms with Crippen LogP contribution in [0.5, 0.6) is 5.75 Å². The van der Waals surface area contributed by atoms with Crippen molar-refractivity contribution >= 4 is 0 Å². The molecule has 2 nitrogen and oxygen atoms in total. The van der Waals surface area contributed by atoms with Crippen LogP contribution in [0.4, 0.5) is 0 Å². The van der Waals surface area contributed by atoms with Gasteiger partial charge in [-0.1, -0.05) is 12.1 Å². The summed E-state index contributed by atoms with van der Waals surface area (Å²) >= 11 is 0. The van der Waals surface area contributed by atoms with Crippen molar-refractivity contribution in [3.8, 4) is 5.75 Å². The fourth-order valence-corrected chi connectivity index (χ4v) is 1.63. The predicted molar refractivity (Wildman–Crippen MR) is 69.3 cm³/mol. The number of rotatable bonds is 5. The third-order valence-electron chi connectivity index (χ3n) is 3.16. The highest BCUT2D eigenvalue weighted by Crippen LogP contribution is 2.25. The molecule has 90 valence electrons. The fourth-order valence-electron chi connectivity index (χ4n) is 1.63. The van der Waals surface area contributed by atoms with Gasteiger partial charge >= 0.3 is 0 Å². The van der Waals surface area contributed by atoms with Gasteiger partial charge in [0.2, 0.25) is 0 Å². The summed E-state index contributed by atoms with van der Waals surface area (Å²) in [6.07, 6.45) is 1.03. The summed E-state index contributed by atoms with van der Waals surface area (Å²) in [6, 6.07) is 4.78. The summed E-state index contributed by atoms with van der Waals surface area (Å²) in [7, 11) is 1.98. The predicted octanol–water partition coefficient (Wildman–Crippen LogP) is 2.99. The van der Waals surface area contributed by atoms with Crippen molar-refractivity contribution in [2.24, 2.45) is 0 Å². The maximum atomic E-state index is 5.88. The second-order valence-corrected chi connectivity index (χ2v) is 4.48. The molecule has 0 radical (unpaired) electrons. The molecule has 0 aromatic heterocycles. The molecule has 1 aromatic carbocycles. The molecule has 1 rings (SSSR count). The molecule has 1 unspecified atom stereocenters. The van der Waals surface area contributed by atoms with Crippen molar-refractivity contribution in [2.45, 2.75) is 40.2 Å². The van der Waals surface area contributed by atoms with E-state index in [2.05, 4.69) is 45.1 Å². The van der Waals surface area contributed by atoms with E-state index in [9.17, 15) is 0 Å². The molecule has 0 amide bonds.